The quantitative estimate of drug-likeness (QED) is 0.915. The second kappa shape index (κ2) is 6.60. The summed E-state index contributed by atoms with van der Waals surface area (Å²) in [4.78, 5) is 14.8. The number of hydrogen-bond acceptors (Lipinski definition) is 4. The largest absolute Gasteiger partial charge is 0.389 e. The first-order chi connectivity index (χ1) is 11.6. The summed E-state index contributed by atoms with van der Waals surface area (Å²) in [5.41, 5.74) is 1.79. The lowest BCUT2D eigenvalue weighted by Gasteiger charge is -2.37. The van der Waals surface area contributed by atoms with Crippen LogP contribution in [0.3, 0.4) is 0 Å². The number of aryl methyl sites for hydroxylation is 2. The Balaban J connectivity index is 1.46. The zero-order valence-electron chi connectivity index (χ0n) is 14.5. The first-order valence-corrected chi connectivity index (χ1v) is 9.69. The summed E-state index contributed by atoms with van der Waals surface area (Å²) in [7, 11) is 0. The van der Waals surface area contributed by atoms with Gasteiger partial charge < -0.3 is 5.11 Å². The average molecular weight is 331 g/mol. The van der Waals surface area contributed by atoms with Gasteiger partial charge in [0.1, 0.15) is 0 Å². The van der Waals surface area contributed by atoms with Crippen LogP contribution >= 0.6 is 0 Å². The van der Waals surface area contributed by atoms with Crippen LogP contribution in [0.25, 0.3) is 0 Å². The normalized spacial score (nSPS) is 26.6. The molecule has 1 aliphatic heterocycles. The standard InChI is InChI=1S/C19H29N3O2/c23-18-12-15-6-4-8-17(15)20-22(18)13-16-7-5-11-21(16)14-19(24)9-2-1-3-10-19/h12,16,24H,1-11,13-14H2. The number of rotatable bonds is 4. The molecule has 2 fully saturated rings. The first kappa shape index (κ1) is 16.3. The van der Waals surface area contributed by atoms with Crippen LogP contribution in [0.4, 0.5) is 0 Å². The van der Waals surface area contributed by atoms with Gasteiger partial charge in [0, 0.05) is 18.7 Å². The SMILES string of the molecule is O=c1cc2c(nn1CC1CCCN1CC1(O)CCCCC1)CCC2. The van der Waals surface area contributed by atoms with Crippen LogP contribution in [0.2, 0.25) is 0 Å². The fourth-order valence-corrected chi connectivity index (χ4v) is 4.83. The van der Waals surface area contributed by atoms with Crippen molar-refractivity contribution in [3.63, 3.8) is 0 Å². The van der Waals surface area contributed by atoms with Gasteiger partial charge in [-0.15, -0.1) is 0 Å². The molecular weight excluding hydrogens is 302 g/mol. The maximum absolute atomic E-state index is 12.4. The molecule has 2 heterocycles. The minimum atomic E-state index is -0.517. The summed E-state index contributed by atoms with van der Waals surface area (Å²) in [5.74, 6) is 0. The third kappa shape index (κ3) is 3.29. The molecule has 132 valence electrons. The average Bonchev–Trinajstić information content (AvgIpc) is 3.17. The van der Waals surface area contributed by atoms with Crippen LogP contribution in [-0.4, -0.2) is 44.5 Å². The highest BCUT2D eigenvalue weighted by Gasteiger charge is 2.35. The lowest BCUT2D eigenvalue weighted by atomic mass is 9.84. The predicted octanol–water partition coefficient (Wildman–Crippen LogP) is 1.89. The van der Waals surface area contributed by atoms with E-state index in [1.165, 1.54) is 6.42 Å². The molecule has 1 N–H and O–H groups in total. The third-order valence-electron chi connectivity index (χ3n) is 6.19. The second-order valence-electron chi connectivity index (χ2n) is 8.04. The van der Waals surface area contributed by atoms with Gasteiger partial charge in [-0.25, -0.2) is 4.68 Å². The van der Waals surface area contributed by atoms with Crippen molar-refractivity contribution in [2.24, 2.45) is 0 Å². The number of nitrogens with zero attached hydrogens (tertiary/aromatic N) is 3. The van der Waals surface area contributed by atoms with Gasteiger partial charge >= 0.3 is 0 Å². The topological polar surface area (TPSA) is 58.4 Å². The molecule has 1 saturated carbocycles. The zero-order valence-corrected chi connectivity index (χ0v) is 14.5. The Bertz CT molecular complexity index is 649. The molecule has 1 unspecified atom stereocenters. The predicted molar refractivity (Wildman–Crippen MR) is 93.2 cm³/mol. The maximum atomic E-state index is 12.4. The fourth-order valence-electron chi connectivity index (χ4n) is 4.83. The molecule has 24 heavy (non-hydrogen) atoms. The van der Waals surface area contributed by atoms with Crippen LogP contribution in [0.15, 0.2) is 10.9 Å². The number of hydrogen-bond donors (Lipinski definition) is 1. The highest BCUT2D eigenvalue weighted by molar-refractivity contribution is 5.22. The van der Waals surface area contributed by atoms with Crippen molar-refractivity contribution in [3.8, 4) is 0 Å². The van der Waals surface area contributed by atoms with E-state index in [1.54, 1.807) is 10.7 Å². The molecular formula is C19H29N3O2. The molecule has 1 atom stereocenters. The van der Waals surface area contributed by atoms with Gasteiger partial charge in [-0.1, -0.05) is 19.3 Å². The number of aromatic nitrogens is 2. The summed E-state index contributed by atoms with van der Waals surface area (Å²) in [6.07, 6.45) is 10.8. The van der Waals surface area contributed by atoms with Crippen LogP contribution in [-0.2, 0) is 19.4 Å². The zero-order chi connectivity index (χ0) is 16.6. The molecule has 0 spiro atoms. The molecule has 4 rings (SSSR count). The van der Waals surface area contributed by atoms with Gasteiger partial charge in [-0.05, 0) is 57.1 Å². The molecule has 0 aromatic carbocycles. The summed E-state index contributed by atoms with van der Waals surface area (Å²) in [6.45, 7) is 2.46. The highest BCUT2D eigenvalue weighted by atomic mass is 16.3. The number of aliphatic hydroxyl groups is 1. The van der Waals surface area contributed by atoms with Crippen molar-refractivity contribution in [1.29, 1.82) is 0 Å². The lowest BCUT2D eigenvalue weighted by Crippen LogP contribution is -2.47. The Morgan fingerprint density at radius 1 is 1.17 bits per heavy atom. The van der Waals surface area contributed by atoms with Crippen molar-refractivity contribution in [2.75, 3.05) is 13.1 Å². The van der Waals surface area contributed by atoms with Gasteiger partial charge in [0.05, 0.1) is 17.8 Å². The minimum Gasteiger partial charge on any atom is -0.389 e. The van der Waals surface area contributed by atoms with E-state index in [4.69, 9.17) is 0 Å². The van der Waals surface area contributed by atoms with Gasteiger partial charge in [-0.2, -0.15) is 5.10 Å². The molecule has 0 amide bonds. The van der Waals surface area contributed by atoms with E-state index in [2.05, 4.69) is 10.00 Å². The molecule has 1 saturated heterocycles. The third-order valence-corrected chi connectivity index (χ3v) is 6.19. The smallest absolute Gasteiger partial charge is 0.267 e. The number of fused-ring (bicyclic) bond motifs is 1. The molecule has 0 radical (unpaired) electrons. The summed E-state index contributed by atoms with van der Waals surface area (Å²) in [5, 5.41) is 15.5. The second-order valence-corrected chi connectivity index (χ2v) is 8.04. The van der Waals surface area contributed by atoms with E-state index >= 15 is 0 Å². The van der Waals surface area contributed by atoms with Crippen LogP contribution < -0.4 is 5.56 Å². The van der Waals surface area contributed by atoms with E-state index in [0.29, 0.717) is 12.6 Å². The molecule has 3 aliphatic rings. The van der Waals surface area contributed by atoms with E-state index in [-0.39, 0.29) is 5.56 Å². The van der Waals surface area contributed by atoms with Crippen molar-refractivity contribution in [1.82, 2.24) is 14.7 Å². The highest BCUT2D eigenvalue weighted by Crippen LogP contribution is 2.31. The molecule has 1 aromatic heterocycles. The van der Waals surface area contributed by atoms with Crippen molar-refractivity contribution in [3.05, 3.63) is 27.7 Å². The fraction of sp³-hybridized carbons (Fsp3) is 0.789. The van der Waals surface area contributed by atoms with Crippen LogP contribution in [0.5, 0.6) is 0 Å². The van der Waals surface area contributed by atoms with Crippen LogP contribution in [0, 0.1) is 0 Å². The maximum Gasteiger partial charge on any atom is 0.267 e. The Kier molecular flexibility index (Phi) is 4.48. The molecule has 1 aromatic rings. The first-order valence-electron chi connectivity index (χ1n) is 9.69. The molecule has 5 nitrogen and oxygen atoms in total. The Morgan fingerprint density at radius 2 is 2.00 bits per heavy atom. The molecule has 5 heteroatoms. The molecule has 2 aliphatic carbocycles. The van der Waals surface area contributed by atoms with E-state index < -0.39 is 5.60 Å². The van der Waals surface area contributed by atoms with Crippen LogP contribution in [0.1, 0.15) is 62.6 Å². The summed E-state index contributed by atoms with van der Waals surface area (Å²) in [6, 6.07) is 2.13. The van der Waals surface area contributed by atoms with Gasteiger partial charge in [0.25, 0.3) is 5.56 Å². The molecule has 0 bridgehead atoms. The van der Waals surface area contributed by atoms with E-state index in [1.807, 2.05) is 0 Å². The Hall–Kier alpha value is -1.20. The number of β-amino-alcohol motifs (C(OH)–C–C–N with tert-alkyl or cyclic N) is 1. The Morgan fingerprint density at radius 3 is 2.83 bits per heavy atom. The summed E-state index contributed by atoms with van der Waals surface area (Å²) < 4.78 is 1.68. The Labute approximate surface area is 143 Å². The van der Waals surface area contributed by atoms with Gasteiger partial charge in [0.2, 0.25) is 0 Å². The van der Waals surface area contributed by atoms with Gasteiger partial charge in [-0.3, -0.25) is 9.69 Å². The monoisotopic (exact) mass is 331 g/mol. The number of likely N-dealkylation sites (tertiary alicyclic amines) is 1. The van der Waals surface area contributed by atoms with Gasteiger partial charge in [0.15, 0.2) is 0 Å². The van der Waals surface area contributed by atoms with Crippen molar-refractivity contribution >= 4 is 0 Å². The van der Waals surface area contributed by atoms with E-state index in [9.17, 15) is 9.90 Å². The lowest BCUT2D eigenvalue weighted by molar-refractivity contribution is -0.0305. The minimum absolute atomic E-state index is 0.0406. The van der Waals surface area contributed by atoms with Crippen molar-refractivity contribution < 1.29 is 5.11 Å². The summed E-state index contributed by atoms with van der Waals surface area (Å²) >= 11 is 0. The van der Waals surface area contributed by atoms with Crippen molar-refractivity contribution in [2.45, 2.75) is 82.4 Å². The van der Waals surface area contributed by atoms with E-state index in [0.717, 1.165) is 82.1 Å².